The number of para-hydroxylation sites is 2. The first-order valence-corrected chi connectivity index (χ1v) is 11.4. The van der Waals surface area contributed by atoms with Crippen LogP contribution in [0.15, 0.2) is 89.5 Å². The lowest BCUT2D eigenvalue weighted by Gasteiger charge is -2.34. The molecule has 2 aromatic heterocycles. The topological polar surface area (TPSA) is 46.9 Å². The quantitative estimate of drug-likeness (QED) is 0.428. The number of allylic oxidation sites excluding steroid dienone is 3. The third-order valence-corrected chi connectivity index (χ3v) is 7.19. The van der Waals surface area contributed by atoms with Crippen LogP contribution in [0.2, 0.25) is 0 Å². The number of anilines is 1. The molecule has 2 unspecified atom stereocenters. The van der Waals surface area contributed by atoms with E-state index in [9.17, 15) is 4.79 Å². The maximum absolute atomic E-state index is 13.5. The van der Waals surface area contributed by atoms with Gasteiger partial charge in [-0.2, -0.15) is 0 Å². The van der Waals surface area contributed by atoms with E-state index >= 15 is 0 Å². The molecule has 0 fully saturated rings. The van der Waals surface area contributed by atoms with Gasteiger partial charge in [-0.3, -0.25) is 9.36 Å². The van der Waals surface area contributed by atoms with Gasteiger partial charge in [-0.05, 0) is 35.6 Å². The number of benzene rings is 2. The lowest BCUT2D eigenvalue weighted by Crippen LogP contribution is -2.31. The van der Waals surface area contributed by atoms with Crippen LogP contribution in [-0.2, 0) is 4.79 Å². The van der Waals surface area contributed by atoms with Gasteiger partial charge >= 0.3 is 0 Å². The van der Waals surface area contributed by atoms with Crippen LogP contribution < -0.4 is 5.32 Å². The van der Waals surface area contributed by atoms with Gasteiger partial charge in [0.15, 0.2) is 5.78 Å². The van der Waals surface area contributed by atoms with E-state index in [0.29, 0.717) is 6.42 Å². The molecule has 2 atom stereocenters. The molecule has 1 aliphatic heterocycles. The number of imidazole rings is 1. The average molecular weight is 424 g/mol. The van der Waals surface area contributed by atoms with Crippen LogP contribution in [-0.4, -0.2) is 15.3 Å². The minimum atomic E-state index is -0.171. The van der Waals surface area contributed by atoms with Crippen molar-refractivity contribution in [2.75, 3.05) is 5.32 Å². The van der Waals surface area contributed by atoms with E-state index in [1.54, 1.807) is 11.3 Å². The van der Waals surface area contributed by atoms with Crippen LogP contribution in [0, 0.1) is 0 Å². The van der Waals surface area contributed by atoms with E-state index in [1.165, 1.54) is 4.88 Å². The maximum Gasteiger partial charge on any atom is 0.209 e. The van der Waals surface area contributed by atoms with Crippen molar-refractivity contribution in [1.82, 2.24) is 9.55 Å². The molecular weight excluding hydrogens is 402 g/mol. The zero-order chi connectivity index (χ0) is 20.8. The van der Waals surface area contributed by atoms with Crippen LogP contribution in [0.1, 0.15) is 35.2 Å². The molecule has 6 rings (SSSR count). The minimum Gasteiger partial charge on any atom is -0.329 e. The summed E-state index contributed by atoms with van der Waals surface area (Å²) in [6.45, 7) is 0. The summed E-state index contributed by atoms with van der Waals surface area (Å²) < 4.78 is 2.16. The van der Waals surface area contributed by atoms with Gasteiger partial charge < -0.3 is 5.32 Å². The van der Waals surface area contributed by atoms with Gasteiger partial charge in [0.25, 0.3) is 0 Å². The number of rotatable bonds is 3. The molecule has 0 radical (unpaired) electrons. The molecule has 3 heterocycles. The fourth-order valence-corrected chi connectivity index (χ4v) is 5.57. The van der Waals surface area contributed by atoms with Gasteiger partial charge in [0.05, 0.1) is 17.1 Å². The molecule has 1 aliphatic carbocycles. The first-order chi connectivity index (χ1) is 15.3. The van der Waals surface area contributed by atoms with Gasteiger partial charge in [0.2, 0.25) is 5.95 Å². The number of hydrogen-bond acceptors (Lipinski definition) is 4. The smallest absolute Gasteiger partial charge is 0.209 e. The van der Waals surface area contributed by atoms with Gasteiger partial charge in [-0.1, -0.05) is 60.7 Å². The van der Waals surface area contributed by atoms with E-state index in [1.807, 2.05) is 36.4 Å². The van der Waals surface area contributed by atoms with Crippen molar-refractivity contribution < 1.29 is 4.79 Å². The van der Waals surface area contributed by atoms with Crippen molar-refractivity contribution in [2.24, 2.45) is 0 Å². The summed E-state index contributed by atoms with van der Waals surface area (Å²) in [4.78, 5) is 19.6. The largest absolute Gasteiger partial charge is 0.329 e. The fourth-order valence-electron chi connectivity index (χ4n) is 4.74. The van der Waals surface area contributed by atoms with Gasteiger partial charge in [-0.15, -0.1) is 11.3 Å². The monoisotopic (exact) mass is 423 g/mol. The number of thiophene rings is 1. The standard InChI is InChI=1S/C26H21N3OS/c30-23-16-18(24-11-6-14-31-24)15-20-25(23)22(13-12-17-7-2-1-3-8-17)29-21-10-5-4-9-19(21)27-26(29)28-20/h1-14,18,22H,15-16H2,(H,27,28)/b13-12+. The number of aromatic nitrogens is 2. The van der Waals surface area contributed by atoms with Gasteiger partial charge in [0, 0.05) is 28.5 Å². The predicted molar refractivity (Wildman–Crippen MR) is 126 cm³/mol. The predicted octanol–water partition coefficient (Wildman–Crippen LogP) is 6.18. The molecule has 5 heteroatoms. The summed E-state index contributed by atoms with van der Waals surface area (Å²) in [5.74, 6) is 1.26. The number of fused-ring (bicyclic) bond motifs is 3. The summed E-state index contributed by atoms with van der Waals surface area (Å²) in [5.41, 5.74) is 4.97. The third-order valence-electron chi connectivity index (χ3n) is 6.16. The van der Waals surface area contributed by atoms with E-state index < -0.39 is 0 Å². The molecule has 1 N–H and O–H groups in total. The Balaban J connectivity index is 1.48. The molecule has 2 aromatic carbocycles. The molecule has 4 aromatic rings. The Morgan fingerprint density at radius 3 is 2.68 bits per heavy atom. The molecule has 0 saturated heterocycles. The molecule has 0 saturated carbocycles. The molecule has 31 heavy (non-hydrogen) atoms. The van der Waals surface area contributed by atoms with Crippen LogP contribution in [0.4, 0.5) is 5.95 Å². The number of carbonyl (C=O) groups is 1. The van der Waals surface area contributed by atoms with Crippen molar-refractivity contribution in [3.8, 4) is 0 Å². The molecule has 4 nitrogen and oxygen atoms in total. The molecule has 2 aliphatic rings. The highest BCUT2D eigenvalue weighted by Crippen LogP contribution is 2.44. The van der Waals surface area contributed by atoms with Crippen molar-refractivity contribution >= 4 is 40.2 Å². The van der Waals surface area contributed by atoms with Gasteiger partial charge in [0.1, 0.15) is 0 Å². The van der Waals surface area contributed by atoms with Crippen molar-refractivity contribution in [2.45, 2.75) is 24.8 Å². The highest BCUT2D eigenvalue weighted by atomic mass is 32.1. The number of nitrogens with zero attached hydrogens (tertiary/aromatic N) is 2. The number of hydrogen-bond donors (Lipinski definition) is 1. The summed E-state index contributed by atoms with van der Waals surface area (Å²) in [6, 6.07) is 22.4. The maximum atomic E-state index is 13.5. The normalized spacial score (nSPS) is 20.7. The summed E-state index contributed by atoms with van der Waals surface area (Å²) in [6.07, 6.45) is 5.64. The Bertz CT molecular complexity index is 1330. The zero-order valence-electron chi connectivity index (χ0n) is 16.9. The SMILES string of the molecule is O=C1CC(c2cccs2)CC2=C1C(/C=C/c1ccccc1)n1c(nc3ccccc31)N2. The van der Waals surface area contributed by atoms with E-state index in [0.717, 1.165) is 40.2 Å². The minimum absolute atomic E-state index is 0.171. The first kappa shape index (κ1) is 18.3. The zero-order valence-corrected chi connectivity index (χ0v) is 17.7. The summed E-state index contributed by atoms with van der Waals surface area (Å²) >= 11 is 1.73. The number of nitrogens with one attached hydrogen (secondary N) is 1. The van der Waals surface area contributed by atoms with Crippen molar-refractivity contribution in [3.63, 3.8) is 0 Å². The Hall–Kier alpha value is -3.44. The lowest BCUT2D eigenvalue weighted by atomic mass is 9.81. The second-order valence-corrected chi connectivity index (χ2v) is 9.05. The van der Waals surface area contributed by atoms with E-state index in [4.69, 9.17) is 4.98 Å². The van der Waals surface area contributed by atoms with Crippen molar-refractivity contribution in [1.29, 1.82) is 0 Å². The molecule has 152 valence electrons. The number of ketones is 1. The van der Waals surface area contributed by atoms with Crippen LogP contribution in [0.3, 0.4) is 0 Å². The van der Waals surface area contributed by atoms with Crippen LogP contribution in [0.25, 0.3) is 17.1 Å². The Kier molecular flexibility index (Phi) is 4.35. The second kappa shape index (κ2) is 7.36. The Morgan fingerprint density at radius 1 is 1.00 bits per heavy atom. The second-order valence-electron chi connectivity index (χ2n) is 8.07. The van der Waals surface area contributed by atoms with E-state index in [-0.39, 0.29) is 17.7 Å². The third kappa shape index (κ3) is 3.13. The molecule has 0 bridgehead atoms. The average Bonchev–Trinajstić information content (AvgIpc) is 3.45. The fraction of sp³-hybridized carbons (Fsp3) is 0.154. The van der Waals surface area contributed by atoms with Crippen molar-refractivity contribution in [3.05, 3.63) is 99.9 Å². The van der Waals surface area contributed by atoms with Crippen LogP contribution >= 0.6 is 11.3 Å². The van der Waals surface area contributed by atoms with E-state index in [2.05, 4.69) is 57.7 Å². The first-order valence-electron chi connectivity index (χ1n) is 10.5. The highest BCUT2D eigenvalue weighted by Gasteiger charge is 2.38. The highest BCUT2D eigenvalue weighted by molar-refractivity contribution is 7.10. The molecule has 0 amide bonds. The lowest BCUT2D eigenvalue weighted by molar-refractivity contribution is -0.116. The number of carbonyl (C=O) groups excluding carboxylic acids is 1. The van der Waals surface area contributed by atoms with Crippen LogP contribution in [0.5, 0.6) is 0 Å². The molecular formula is C26H21N3OS. The Morgan fingerprint density at radius 2 is 1.84 bits per heavy atom. The molecule has 0 spiro atoms. The Labute approximate surface area is 184 Å². The number of Topliss-reactive ketones (excluding diaryl/α,β-unsaturated/α-hetero) is 1. The summed E-state index contributed by atoms with van der Waals surface area (Å²) in [7, 11) is 0. The van der Waals surface area contributed by atoms with Gasteiger partial charge in [-0.25, -0.2) is 4.98 Å². The summed E-state index contributed by atoms with van der Waals surface area (Å²) in [5, 5.41) is 5.61.